The fraction of sp³-hybridized carbons (Fsp3) is 0.562. The van der Waals surface area contributed by atoms with Gasteiger partial charge in [0.2, 0.25) is 0 Å². The van der Waals surface area contributed by atoms with Crippen molar-refractivity contribution in [2.75, 3.05) is 13.1 Å². The minimum atomic E-state index is 0.468. The fourth-order valence-electron chi connectivity index (χ4n) is 2.25. The highest BCUT2D eigenvalue weighted by molar-refractivity contribution is 7.80. The summed E-state index contributed by atoms with van der Waals surface area (Å²) in [4.78, 5) is 2.98. The van der Waals surface area contributed by atoms with Crippen molar-refractivity contribution in [2.24, 2.45) is 11.7 Å². The molecule has 0 fully saturated rings. The van der Waals surface area contributed by atoms with E-state index in [-0.39, 0.29) is 0 Å². The minimum Gasteiger partial charge on any atom is -0.389 e. The highest BCUT2D eigenvalue weighted by Gasteiger charge is 2.10. The van der Waals surface area contributed by atoms with Crippen molar-refractivity contribution in [3.05, 3.63) is 35.4 Å². The van der Waals surface area contributed by atoms with Crippen LogP contribution in [-0.4, -0.2) is 23.0 Å². The van der Waals surface area contributed by atoms with Crippen molar-refractivity contribution in [1.82, 2.24) is 4.90 Å². The van der Waals surface area contributed by atoms with E-state index in [1.54, 1.807) is 0 Å². The van der Waals surface area contributed by atoms with Gasteiger partial charge in [-0.15, -0.1) is 0 Å². The van der Waals surface area contributed by atoms with Gasteiger partial charge in [0.05, 0.1) is 0 Å². The first-order valence-corrected chi connectivity index (χ1v) is 7.62. The van der Waals surface area contributed by atoms with Crippen LogP contribution in [0.25, 0.3) is 0 Å². The predicted octanol–water partition coefficient (Wildman–Crippen LogP) is 3.58. The molecule has 0 atom stereocenters. The molecule has 0 saturated heterocycles. The van der Waals surface area contributed by atoms with E-state index in [0.717, 1.165) is 24.6 Å². The van der Waals surface area contributed by atoms with Crippen LogP contribution in [0.1, 0.15) is 44.7 Å². The van der Waals surface area contributed by atoms with Crippen LogP contribution in [0.15, 0.2) is 24.3 Å². The Balaban J connectivity index is 2.62. The van der Waals surface area contributed by atoms with Crippen LogP contribution in [0, 0.1) is 5.92 Å². The largest absolute Gasteiger partial charge is 0.389 e. The summed E-state index contributed by atoms with van der Waals surface area (Å²) in [5, 5.41) is 0. The Morgan fingerprint density at radius 2 is 1.74 bits per heavy atom. The number of nitrogens with two attached hydrogens (primary N) is 1. The Kier molecular flexibility index (Phi) is 7.03. The van der Waals surface area contributed by atoms with E-state index in [0.29, 0.717) is 4.99 Å². The summed E-state index contributed by atoms with van der Waals surface area (Å²) in [5.41, 5.74) is 7.89. The summed E-state index contributed by atoms with van der Waals surface area (Å²) >= 11 is 4.97. The second-order valence-electron chi connectivity index (χ2n) is 5.07. The van der Waals surface area contributed by atoms with Gasteiger partial charge in [-0.25, -0.2) is 0 Å². The van der Waals surface area contributed by atoms with E-state index in [4.69, 9.17) is 18.0 Å². The van der Waals surface area contributed by atoms with Crippen LogP contribution in [0.3, 0.4) is 0 Å². The lowest BCUT2D eigenvalue weighted by atomic mass is 10.0. The number of benzene rings is 1. The van der Waals surface area contributed by atoms with E-state index in [1.807, 2.05) is 12.1 Å². The third-order valence-corrected chi connectivity index (χ3v) is 4.00. The molecule has 0 saturated carbocycles. The minimum absolute atomic E-state index is 0.468. The van der Waals surface area contributed by atoms with E-state index < -0.39 is 0 Å². The summed E-state index contributed by atoms with van der Waals surface area (Å²) in [5.74, 6) is 0.802. The van der Waals surface area contributed by atoms with E-state index in [9.17, 15) is 0 Å². The standard InChI is InChI=1S/C16H26N2S/c1-4-13(5-2)11-18(6-3)12-14-7-9-15(10-8-14)16(17)19/h7-10,13H,4-6,11-12H2,1-3H3,(H2,17,19). The van der Waals surface area contributed by atoms with E-state index >= 15 is 0 Å². The van der Waals surface area contributed by atoms with Gasteiger partial charge < -0.3 is 5.73 Å². The van der Waals surface area contributed by atoms with Crippen LogP contribution >= 0.6 is 12.2 Å². The maximum atomic E-state index is 5.61. The summed E-state index contributed by atoms with van der Waals surface area (Å²) in [6.45, 7) is 10.1. The van der Waals surface area contributed by atoms with Crippen LogP contribution < -0.4 is 5.73 Å². The molecule has 106 valence electrons. The SMILES string of the molecule is CCC(CC)CN(CC)Cc1ccc(C(N)=S)cc1. The van der Waals surface area contributed by atoms with Crippen molar-refractivity contribution in [3.8, 4) is 0 Å². The number of nitrogens with zero attached hydrogens (tertiary/aromatic N) is 1. The summed E-state index contributed by atoms with van der Waals surface area (Å²) in [6.07, 6.45) is 2.51. The van der Waals surface area contributed by atoms with Gasteiger partial charge in [-0.2, -0.15) is 0 Å². The molecular weight excluding hydrogens is 252 g/mol. The Hall–Kier alpha value is -0.930. The Bertz CT molecular complexity index is 382. The zero-order valence-corrected chi connectivity index (χ0v) is 13.2. The van der Waals surface area contributed by atoms with Crippen LogP contribution in [0.2, 0.25) is 0 Å². The van der Waals surface area contributed by atoms with Crippen LogP contribution in [0.5, 0.6) is 0 Å². The molecule has 2 N–H and O–H groups in total. The first kappa shape index (κ1) is 16.1. The summed E-state index contributed by atoms with van der Waals surface area (Å²) < 4.78 is 0. The number of rotatable bonds is 8. The van der Waals surface area contributed by atoms with Gasteiger partial charge in [0.25, 0.3) is 0 Å². The molecule has 2 nitrogen and oxygen atoms in total. The van der Waals surface area contributed by atoms with Crippen LogP contribution in [0.4, 0.5) is 0 Å². The van der Waals surface area contributed by atoms with Gasteiger partial charge in [0.1, 0.15) is 4.99 Å². The number of thiocarbonyl (C=S) groups is 1. The third kappa shape index (κ3) is 5.29. The molecule has 0 bridgehead atoms. The lowest BCUT2D eigenvalue weighted by molar-refractivity contribution is 0.226. The topological polar surface area (TPSA) is 29.3 Å². The van der Waals surface area contributed by atoms with Crippen molar-refractivity contribution in [2.45, 2.75) is 40.2 Å². The van der Waals surface area contributed by atoms with Crippen molar-refractivity contribution in [3.63, 3.8) is 0 Å². The molecule has 1 rings (SSSR count). The first-order valence-electron chi connectivity index (χ1n) is 7.21. The molecule has 0 heterocycles. The van der Waals surface area contributed by atoms with Crippen molar-refractivity contribution < 1.29 is 0 Å². The molecule has 0 radical (unpaired) electrons. The van der Waals surface area contributed by atoms with E-state index in [1.165, 1.54) is 24.9 Å². The van der Waals surface area contributed by atoms with Gasteiger partial charge in [-0.1, -0.05) is 70.1 Å². The lowest BCUT2D eigenvalue weighted by Gasteiger charge is -2.25. The van der Waals surface area contributed by atoms with Gasteiger partial charge >= 0.3 is 0 Å². The summed E-state index contributed by atoms with van der Waals surface area (Å²) in [6, 6.07) is 8.29. The molecule has 0 spiro atoms. The summed E-state index contributed by atoms with van der Waals surface area (Å²) in [7, 11) is 0. The Labute approximate surface area is 123 Å². The lowest BCUT2D eigenvalue weighted by Crippen LogP contribution is -2.28. The number of hydrogen-bond acceptors (Lipinski definition) is 2. The monoisotopic (exact) mass is 278 g/mol. The molecule has 0 aliphatic carbocycles. The second kappa shape index (κ2) is 8.28. The highest BCUT2D eigenvalue weighted by atomic mass is 32.1. The van der Waals surface area contributed by atoms with Gasteiger partial charge in [-0.05, 0) is 18.0 Å². The molecule has 0 amide bonds. The smallest absolute Gasteiger partial charge is 0.103 e. The average molecular weight is 278 g/mol. The molecule has 3 heteroatoms. The molecule has 1 aromatic rings. The molecule has 0 aliphatic rings. The average Bonchev–Trinajstić information content (AvgIpc) is 2.43. The van der Waals surface area contributed by atoms with Crippen molar-refractivity contribution in [1.29, 1.82) is 0 Å². The number of hydrogen-bond donors (Lipinski definition) is 1. The zero-order valence-electron chi connectivity index (χ0n) is 12.4. The van der Waals surface area contributed by atoms with Gasteiger partial charge in [0, 0.05) is 18.7 Å². The zero-order chi connectivity index (χ0) is 14.3. The highest BCUT2D eigenvalue weighted by Crippen LogP contribution is 2.13. The maximum Gasteiger partial charge on any atom is 0.103 e. The molecular formula is C16H26N2S. The third-order valence-electron chi connectivity index (χ3n) is 3.76. The quantitative estimate of drug-likeness (QED) is 0.737. The van der Waals surface area contributed by atoms with Gasteiger partial charge in [-0.3, -0.25) is 4.90 Å². The normalized spacial score (nSPS) is 11.2. The van der Waals surface area contributed by atoms with Gasteiger partial charge in [0.15, 0.2) is 0 Å². The van der Waals surface area contributed by atoms with E-state index in [2.05, 4.69) is 37.8 Å². The molecule has 0 unspecified atom stereocenters. The van der Waals surface area contributed by atoms with Crippen molar-refractivity contribution >= 4 is 17.2 Å². The molecule has 0 aromatic heterocycles. The Morgan fingerprint density at radius 3 is 2.16 bits per heavy atom. The predicted molar refractivity (Wildman–Crippen MR) is 87.4 cm³/mol. The second-order valence-corrected chi connectivity index (χ2v) is 5.51. The van der Waals surface area contributed by atoms with Crippen LogP contribution in [-0.2, 0) is 6.54 Å². The first-order chi connectivity index (χ1) is 9.10. The molecule has 0 aliphatic heterocycles. The maximum absolute atomic E-state index is 5.61. The molecule has 19 heavy (non-hydrogen) atoms. The Morgan fingerprint density at radius 1 is 1.16 bits per heavy atom. The fourth-order valence-corrected chi connectivity index (χ4v) is 2.39. The molecule has 1 aromatic carbocycles.